The normalized spacial score (nSPS) is 10.9. The van der Waals surface area contributed by atoms with Crippen molar-refractivity contribution in [1.82, 2.24) is 9.97 Å². The van der Waals surface area contributed by atoms with E-state index in [1.165, 1.54) is 12.3 Å². The summed E-state index contributed by atoms with van der Waals surface area (Å²) in [6.07, 6.45) is 11.4. The number of benzene rings is 1. The number of hydrogen-bond acceptors (Lipinski definition) is 4. The molecule has 1 amide bonds. The van der Waals surface area contributed by atoms with Crippen LogP contribution >= 0.6 is 0 Å². The van der Waals surface area contributed by atoms with Gasteiger partial charge >= 0.3 is 0 Å². The molecule has 0 radical (unpaired) electrons. The number of nitrogens with one attached hydrogen (secondary N) is 1. The van der Waals surface area contributed by atoms with E-state index in [1.54, 1.807) is 48.8 Å². The van der Waals surface area contributed by atoms with Crippen LogP contribution in [0, 0.1) is 0 Å². The first-order chi connectivity index (χ1) is 10.3. The van der Waals surface area contributed by atoms with Crippen LogP contribution in [0.2, 0.25) is 0 Å². The smallest absolute Gasteiger partial charge is 0.248 e. The summed E-state index contributed by atoms with van der Waals surface area (Å²) in [6, 6.07) is 7.07. The van der Waals surface area contributed by atoms with E-state index in [0.717, 1.165) is 0 Å². The van der Waals surface area contributed by atoms with Crippen molar-refractivity contribution in [2.45, 2.75) is 6.92 Å². The van der Waals surface area contributed by atoms with Gasteiger partial charge < -0.3 is 10.1 Å². The second-order valence-electron chi connectivity index (χ2n) is 4.05. The first-order valence-corrected chi connectivity index (χ1v) is 6.42. The highest BCUT2D eigenvalue weighted by molar-refractivity contribution is 5.99. The number of nitrogens with zero attached hydrogens (tertiary/aromatic N) is 2. The monoisotopic (exact) mass is 281 g/mol. The number of aromatic nitrogens is 2. The Kier molecular flexibility index (Phi) is 5.23. The van der Waals surface area contributed by atoms with Crippen LogP contribution < -0.4 is 10.1 Å². The Morgan fingerprint density at radius 3 is 2.95 bits per heavy atom. The number of allylic oxidation sites excluding steroid dienone is 3. The maximum absolute atomic E-state index is 11.7. The Labute approximate surface area is 123 Å². The average molecular weight is 281 g/mol. The molecule has 0 aliphatic rings. The lowest BCUT2D eigenvalue weighted by atomic mass is 10.3. The van der Waals surface area contributed by atoms with Crippen molar-refractivity contribution < 1.29 is 9.53 Å². The molecule has 0 aliphatic carbocycles. The summed E-state index contributed by atoms with van der Waals surface area (Å²) in [5.41, 5.74) is 0.645. The molecule has 0 saturated carbocycles. The molecule has 106 valence electrons. The Bertz CT molecular complexity index is 652. The van der Waals surface area contributed by atoms with Crippen LogP contribution in [0.15, 0.2) is 67.2 Å². The summed E-state index contributed by atoms with van der Waals surface area (Å²) in [5, 5.41) is 2.75. The molecule has 1 heterocycles. The summed E-state index contributed by atoms with van der Waals surface area (Å²) in [7, 11) is 0. The Hall–Kier alpha value is -2.95. The predicted octanol–water partition coefficient (Wildman–Crippen LogP) is 3.34. The predicted molar refractivity (Wildman–Crippen MR) is 81.1 cm³/mol. The maximum atomic E-state index is 11.7. The SMILES string of the molecule is CC=CC=CC(=O)Nc1cccc(Oc2cnccn2)c1. The summed E-state index contributed by atoms with van der Waals surface area (Å²) >= 11 is 0. The van der Waals surface area contributed by atoms with E-state index >= 15 is 0 Å². The number of carbonyl (C=O) groups excluding carboxylic acids is 1. The average Bonchev–Trinajstić information content (AvgIpc) is 2.49. The maximum Gasteiger partial charge on any atom is 0.248 e. The number of hydrogen-bond donors (Lipinski definition) is 1. The quantitative estimate of drug-likeness (QED) is 0.674. The number of rotatable bonds is 5. The largest absolute Gasteiger partial charge is 0.437 e. The molecule has 2 rings (SSSR count). The highest BCUT2D eigenvalue weighted by Crippen LogP contribution is 2.21. The Balaban J connectivity index is 2.02. The van der Waals surface area contributed by atoms with Gasteiger partial charge in [0.2, 0.25) is 11.8 Å². The fourth-order valence-electron chi connectivity index (χ4n) is 1.53. The van der Waals surface area contributed by atoms with Gasteiger partial charge in [0.1, 0.15) is 5.75 Å². The van der Waals surface area contributed by atoms with E-state index in [-0.39, 0.29) is 5.91 Å². The lowest BCUT2D eigenvalue weighted by Crippen LogP contribution is -2.07. The Morgan fingerprint density at radius 1 is 1.29 bits per heavy atom. The minimum atomic E-state index is -0.204. The molecule has 0 atom stereocenters. The second-order valence-corrected chi connectivity index (χ2v) is 4.05. The van der Waals surface area contributed by atoms with Crippen molar-refractivity contribution in [2.24, 2.45) is 0 Å². The van der Waals surface area contributed by atoms with E-state index in [0.29, 0.717) is 17.3 Å². The molecule has 0 aliphatic heterocycles. The van der Waals surface area contributed by atoms with Crippen molar-refractivity contribution in [1.29, 1.82) is 0 Å². The molecule has 5 heteroatoms. The number of carbonyl (C=O) groups is 1. The molecule has 0 bridgehead atoms. The molecule has 1 aromatic carbocycles. The first-order valence-electron chi connectivity index (χ1n) is 6.42. The van der Waals surface area contributed by atoms with E-state index in [1.807, 2.05) is 13.0 Å². The van der Waals surface area contributed by atoms with Crippen LogP contribution in [0.5, 0.6) is 11.6 Å². The molecule has 0 fully saturated rings. The number of ether oxygens (including phenoxy) is 1. The summed E-state index contributed by atoms with van der Waals surface area (Å²) in [6.45, 7) is 1.88. The highest BCUT2D eigenvalue weighted by Gasteiger charge is 2.02. The minimum Gasteiger partial charge on any atom is -0.437 e. The van der Waals surface area contributed by atoms with Crippen molar-refractivity contribution in [3.05, 3.63) is 67.2 Å². The Morgan fingerprint density at radius 2 is 2.19 bits per heavy atom. The van der Waals surface area contributed by atoms with Gasteiger partial charge in [-0.1, -0.05) is 24.3 Å². The molecule has 0 saturated heterocycles. The van der Waals surface area contributed by atoms with E-state index < -0.39 is 0 Å². The molecule has 2 aromatic rings. The van der Waals surface area contributed by atoms with Gasteiger partial charge in [0.15, 0.2) is 0 Å². The molecule has 0 spiro atoms. The van der Waals surface area contributed by atoms with Crippen molar-refractivity contribution in [3.8, 4) is 11.6 Å². The first kappa shape index (κ1) is 14.5. The third kappa shape index (κ3) is 4.91. The molecule has 21 heavy (non-hydrogen) atoms. The van der Waals surface area contributed by atoms with Gasteiger partial charge in [-0.15, -0.1) is 0 Å². The van der Waals surface area contributed by atoms with Crippen LogP contribution in [0.1, 0.15) is 6.92 Å². The summed E-state index contributed by atoms with van der Waals surface area (Å²) in [4.78, 5) is 19.6. The zero-order chi connectivity index (χ0) is 14.9. The lowest BCUT2D eigenvalue weighted by Gasteiger charge is -2.06. The van der Waals surface area contributed by atoms with Gasteiger partial charge in [-0.3, -0.25) is 9.78 Å². The molecule has 1 N–H and O–H groups in total. The fraction of sp³-hybridized carbons (Fsp3) is 0.0625. The second kappa shape index (κ2) is 7.59. The number of anilines is 1. The van der Waals surface area contributed by atoms with Crippen molar-refractivity contribution in [3.63, 3.8) is 0 Å². The van der Waals surface area contributed by atoms with Gasteiger partial charge in [-0.2, -0.15) is 0 Å². The van der Waals surface area contributed by atoms with Crippen LogP contribution in [-0.4, -0.2) is 15.9 Å². The molecule has 0 unspecified atom stereocenters. The molecule has 1 aromatic heterocycles. The third-order valence-electron chi connectivity index (χ3n) is 2.41. The van der Waals surface area contributed by atoms with Crippen LogP contribution in [-0.2, 0) is 4.79 Å². The highest BCUT2D eigenvalue weighted by atomic mass is 16.5. The minimum absolute atomic E-state index is 0.204. The van der Waals surface area contributed by atoms with Crippen LogP contribution in [0.25, 0.3) is 0 Å². The lowest BCUT2D eigenvalue weighted by molar-refractivity contribution is -0.111. The van der Waals surface area contributed by atoms with Gasteiger partial charge in [0, 0.05) is 30.2 Å². The van der Waals surface area contributed by atoms with Gasteiger partial charge in [-0.25, -0.2) is 4.98 Å². The van der Waals surface area contributed by atoms with Crippen LogP contribution in [0.4, 0.5) is 5.69 Å². The standard InChI is InChI=1S/C16H15N3O2/c1-2-3-4-8-15(20)19-13-6-5-7-14(11-13)21-16-12-17-9-10-18-16/h2-12H,1H3,(H,19,20). The van der Waals surface area contributed by atoms with Gasteiger partial charge in [0.25, 0.3) is 0 Å². The zero-order valence-corrected chi connectivity index (χ0v) is 11.6. The van der Waals surface area contributed by atoms with Crippen LogP contribution in [0.3, 0.4) is 0 Å². The molecular weight excluding hydrogens is 266 g/mol. The molecular formula is C16H15N3O2. The van der Waals surface area contributed by atoms with E-state index in [2.05, 4.69) is 15.3 Å². The fourth-order valence-corrected chi connectivity index (χ4v) is 1.53. The van der Waals surface area contributed by atoms with E-state index in [9.17, 15) is 4.79 Å². The summed E-state index contributed by atoms with van der Waals surface area (Å²) in [5.74, 6) is 0.768. The van der Waals surface area contributed by atoms with Crippen molar-refractivity contribution in [2.75, 3.05) is 5.32 Å². The third-order valence-corrected chi connectivity index (χ3v) is 2.41. The van der Waals surface area contributed by atoms with Gasteiger partial charge in [-0.05, 0) is 19.1 Å². The van der Waals surface area contributed by atoms with Gasteiger partial charge in [0.05, 0.1) is 6.20 Å². The zero-order valence-electron chi connectivity index (χ0n) is 11.6. The van der Waals surface area contributed by atoms with E-state index in [4.69, 9.17) is 4.74 Å². The number of amides is 1. The van der Waals surface area contributed by atoms with Crippen molar-refractivity contribution >= 4 is 11.6 Å². The topological polar surface area (TPSA) is 64.1 Å². The summed E-state index contributed by atoms with van der Waals surface area (Å²) < 4.78 is 5.55. The molecule has 5 nitrogen and oxygen atoms in total.